The van der Waals surface area contributed by atoms with Crippen molar-refractivity contribution in [3.8, 4) is 0 Å². The molecule has 5 heteroatoms. The van der Waals surface area contributed by atoms with E-state index in [1.54, 1.807) is 0 Å². The summed E-state index contributed by atoms with van der Waals surface area (Å²) in [5, 5.41) is 8.67. The maximum absolute atomic E-state index is 12.4. The highest BCUT2D eigenvalue weighted by Gasteiger charge is 2.32. The first-order chi connectivity index (χ1) is 11.8. The van der Waals surface area contributed by atoms with Crippen LogP contribution in [-0.4, -0.2) is 34.2 Å². The number of aliphatic carboxylic acids is 1. The van der Waals surface area contributed by atoms with Gasteiger partial charge in [-0.15, -0.1) is 0 Å². The Kier molecular flexibility index (Phi) is 6.45. The topological polar surface area (TPSA) is 66.8 Å². The number of carboxylic acid groups (broad SMARTS) is 1. The Hall–Kier alpha value is -2.04. The number of hydrogen-bond donors (Lipinski definition) is 1. The lowest BCUT2D eigenvalue weighted by Gasteiger charge is -2.29. The summed E-state index contributed by atoms with van der Waals surface area (Å²) in [6, 6.07) is 8.42. The third-order valence-electron chi connectivity index (χ3n) is 4.35. The van der Waals surface area contributed by atoms with Gasteiger partial charge < -0.3 is 14.7 Å². The number of ether oxygens (including phenoxy) is 1. The smallest absolute Gasteiger partial charge is 0.410 e. The van der Waals surface area contributed by atoms with Crippen molar-refractivity contribution < 1.29 is 19.4 Å². The molecular weight excluding hydrogens is 318 g/mol. The first-order valence-electron chi connectivity index (χ1n) is 9.06. The molecule has 1 saturated heterocycles. The average molecular weight is 347 g/mol. The number of carbonyl (C=O) groups is 2. The molecular formula is C20H29NO4. The van der Waals surface area contributed by atoms with Crippen molar-refractivity contribution in [3.63, 3.8) is 0 Å². The Labute approximate surface area is 150 Å². The SMILES string of the molecule is CC(C)(C)OC(=O)N1CCCC1c1ccc(CCCCC(=O)O)cc1. The molecule has 1 aromatic carbocycles. The first kappa shape index (κ1) is 19.3. The van der Waals surface area contributed by atoms with Gasteiger partial charge in [0.05, 0.1) is 6.04 Å². The fourth-order valence-corrected chi connectivity index (χ4v) is 3.16. The van der Waals surface area contributed by atoms with Crippen LogP contribution in [0.4, 0.5) is 4.79 Å². The normalized spacial score (nSPS) is 17.6. The van der Waals surface area contributed by atoms with Gasteiger partial charge in [0.2, 0.25) is 0 Å². The molecule has 0 aliphatic carbocycles. The summed E-state index contributed by atoms with van der Waals surface area (Å²) in [7, 11) is 0. The highest BCUT2D eigenvalue weighted by atomic mass is 16.6. The molecule has 0 radical (unpaired) electrons. The molecule has 1 aliphatic heterocycles. The molecule has 0 saturated carbocycles. The highest BCUT2D eigenvalue weighted by Crippen LogP contribution is 2.33. The van der Waals surface area contributed by atoms with Crippen LogP contribution in [0.1, 0.15) is 70.0 Å². The molecule has 1 aromatic rings. The Bertz CT molecular complexity index is 589. The van der Waals surface area contributed by atoms with Crippen LogP contribution in [0.3, 0.4) is 0 Å². The van der Waals surface area contributed by atoms with Gasteiger partial charge >= 0.3 is 12.1 Å². The van der Waals surface area contributed by atoms with Crippen molar-refractivity contribution in [2.75, 3.05) is 6.54 Å². The van der Waals surface area contributed by atoms with E-state index in [0.717, 1.165) is 37.8 Å². The molecule has 5 nitrogen and oxygen atoms in total. The van der Waals surface area contributed by atoms with Crippen LogP contribution >= 0.6 is 0 Å². The minimum absolute atomic E-state index is 0.0795. The highest BCUT2D eigenvalue weighted by molar-refractivity contribution is 5.69. The lowest BCUT2D eigenvalue weighted by molar-refractivity contribution is -0.137. The van der Waals surface area contributed by atoms with Crippen LogP contribution in [0.5, 0.6) is 0 Å². The number of aryl methyl sites for hydroxylation is 1. The van der Waals surface area contributed by atoms with Gasteiger partial charge in [0.15, 0.2) is 0 Å². The maximum Gasteiger partial charge on any atom is 0.410 e. The van der Waals surface area contributed by atoms with Gasteiger partial charge in [0.25, 0.3) is 0 Å². The zero-order valence-electron chi connectivity index (χ0n) is 15.5. The monoisotopic (exact) mass is 347 g/mol. The molecule has 1 amide bonds. The van der Waals surface area contributed by atoms with E-state index in [4.69, 9.17) is 9.84 Å². The molecule has 1 atom stereocenters. The molecule has 1 fully saturated rings. The minimum atomic E-state index is -0.737. The van der Waals surface area contributed by atoms with Gasteiger partial charge in [-0.2, -0.15) is 0 Å². The molecule has 2 rings (SSSR count). The van der Waals surface area contributed by atoms with Gasteiger partial charge in [-0.05, 0) is 64.0 Å². The van der Waals surface area contributed by atoms with E-state index in [1.807, 2.05) is 25.7 Å². The van der Waals surface area contributed by atoms with Gasteiger partial charge in [0, 0.05) is 13.0 Å². The van der Waals surface area contributed by atoms with Crippen LogP contribution in [0.25, 0.3) is 0 Å². The van der Waals surface area contributed by atoms with Crippen molar-refractivity contribution in [3.05, 3.63) is 35.4 Å². The summed E-state index contributed by atoms with van der Waals surface area (Å²) in [4.78, 5) is 24.8. The summed E-state index contributed by atoms with van der Waals surface area (Å²) in [6.45, 7) is 6.38. The van der Waals surface area contributed by atoms with Crippen LogP contribution in [0.15, 0.2) is 24.3 Å². The van der Waals surface area contributed by atoms with Gasteiger partial charge in [-0.1, -0.05) is 24.3 Å². The molecule has 1 aliphatic rings. The fourth-order valence-electron chi connectivity index (χ4n) is 3.16. The zero-order valence-corrected chi connectivity index (χ0v) is 15.5. The number of nitrogens with zero attached hydrogens (tertiary/aromatic N) is 1. The number of unbranched alkanes of at least 4 members (excludes halogenated alkanes) is 1. The van der Waals surface area contributed by atoms with Crippen molar-refractivity contribution in [2.24, 2.45) is 0 Å². The third kappa shape index (κ3) is 6.07. The van der Waals surface area contributed by atoms with Crippen molar-refractivity contribution in [1.82, 2.24) is 4.90 Å². The molecule has 0 bridgehead atoms. The van der Waals surface area contributed by atoms with E-state index in [1.165, 1.54) is 5.56 Å². The van der Waals surface area contributed by atoms with Crippen molar-refractivity contribution in [1.29, 1.82) is 0 Å². The van der Waals surface area contributed by atoms with Crippen LogP contribution in [0.2, 0.25) is 0 Å². The standard InChI is InChI=1S/C20H29NO4/c1-20(2,3)25-19(24)21-14-6-8-17(21)16-12-10-15(11-13-16)7-4-5-9-18(22)23/h10-13,17H,4-9,14H2,1-3H3,(H,22,23). The predicted octanol–water partition coefficient (Wildman–Crippen LogP) is 4.56. The lowest BCUT2D eigenvalue weighted by atomic mass is 10.0. The second-order valence-corrected chi connectivity index (χ2v) is 7.67. The number of carboxylic acids is 1. The quantitative estimate of drug-likeness (QED) is 0.766. The number of amides is 1. The number of carbonyl (C=O) groups excluding carboxylic acids is 1. The number of rotatable bonds is 6. The molecule has 1 unspecified atom stereocenters. The summed E-state index contributed by atoms with van der Waals surface area (Å²) in [5.41, 5.74) is 1.86. The Morgan fingerprint density at radius 1 is 1.20 bits per heavy atom. The van der Waals surface area contributed by atoms with Crippen molar-refractivity contribution in [2.45, 2.75) is 70.9 Å². The van der Waals surface area contributed by atoms with Crippen LogP contribution < -0.4 is 0 Å². The molecule has 1 heterocycles. The van der Waals surface area contributed by atoms with Crippen LogP contribution in [-0.2, 0) is 16.0 Å². The second-order valence-electron chi connectivity index (χ2n) is 7.67. The van der Waals surface area contributed by atoms with E-state index >= 15 is 0 Å². The van der Waals surface area contributed by atoms with E-state index < -0.39 is 11.6 Å². The first-order valence-corrected chi connectivity index (χ1v) is 9.06. The largest absolute Gasteiger partial charge is 0.481 e. The summed E-state index contributed by atoms with van der Waals surface area (Å²) in [6.07, 6.45) is 4.38. The zero-order chi connectivity index (χ0) is 18.4. The Balaban J connectivity index is 1.93. The van der Waals surface area contributed by atoms with Crippen molar-refractivity contribution >= 4 is 12.1 Å². The molecule has 0 aromatic heterocycles. The second kappa shape index (κ2) is 8.37. The van der Waals surface area contributed by atoms with E-state index in [-0.39, 0.29) is 18.6 Å². The van der Waals surface area contributed by atoms with Gasteiger partial charge in [-0.3, -0.25) is 4.79 Å². The van der Waals surface area contributed by atoms with Gasteiger partial charge in [0.1, 0.15) is 5.60 Å². The average Bonchev–Trinajstić information content (AvgIpc) is 3.00. The lowest BCUT2D eigenvalue weighted by Crippen LogP contribution is -2.36. The molecule has 138 valence electrons. The summed E-state index contributed by atoms with van der Waals surface area (Å²) in [5.74, 6) is -0.737. The Morgan fingerprint density at radius 2 is 1.88 bits per heavy atom. The Morgan fingerprint density at radius 3 is 2.48 bits per heavy atom. The van der Waals surface area contributed by atoms with E-state index in [9.17, 15) is 9.59 Å². The van der Waals surface area contributed by atoms with E-state index in [2.05, 4.69) is 24.3 Å². The third-order valence-corrected chi connectivity index (χ3v) is 4.35. The molecule has 1 N–H and O–H groups in total. The minimum Gasteiger partial charge on any atom is -0.481 e. The summed E-state index contributed by atoms with van der Waals surface area (Å²) < 4.78 is 5.52. The fraction of sp³-hybridized carbons (Fsp3) is 0.600. The number of hydrogen-bond acceptors (Lipinski definition) is 3. The summed E-state index contributed by atoms with van der Waals surface area (Å²) >= 11 is 0. The number of benzene rings is 1. The van der Waals surface area contributed by atoms with Crippen LogP contribution in [0, 0.1) is 0 Å². The molecule has 0 spiro atoms. The van der Waals surface area contributed by atoms with Gasteiger partial charge in [-0.25, -0.2) is 4.79 Å². The number of likely N-dealkylation sites (tertiary alicyclic amines) is 1. The van der Waals surface area contributed by atoms with E-state index in [0.29, 0.717) is 6.42 Å². The maximum atomic E-state index is 12.4. The molecule has 25 heavy (non-hydrogen) atoms. The predicted molar refractivity (Wildman–Crippen MR) is 96.5 cm³/mol.